The van der Waals surface area contributed by atoms with Crippen LogP contribution in [0, 0.1) is 6.92 Å². The molecule has 3 amide bonds. The smallest absolute Gasteiger partial charge is 0.262 e. The predicted octanol–water partition coefficient (Wildman–Crippen LogP) is -0.300. The molecule has 0 atom stereocenters. The summed E-state index contributed by atoms with van der Waals surface area (Å²) in [6.45, 7) is 1.41. The monoisotopic (exact) mass is 262 g/mol. The molecule has 0 radical (unpaired) electrons. The minimum atomic E-state index is -0.472. The number of aliphatic hydroxyl groups excluding tert-OH is 1. The fourth-order valence-electron chi connectivity index (χ4n) is 1.94. The Morgan fingerprint density at radius 3 is 2.63 bits per heavy atom. The van der Waals surface area contributed by atoms with Gasteiger partial charge in [-0.1, -0.05) is 11.6 Å². The number of carbonyl (C=O) groups is 3. The van der Waals surface area contributed by atoms with Crippen LogP contribution < -0.4 is 5.32 Å². The van der Waals surface area contributed by atoms with E-state index in [2.05, 4.69) is 5.32 Å². The Bertz CT molecular complexity index is 554. The van der Waals surface area contributed by atoms with Gasteiger partial charge in [0.1, 0.15) is 6.54 Å². The van der Waals surface area contributed by atoms with E-state index in [1.807, 2.05) is 6.92 Å². The summed E-state index contributed by atoms with van der Waals surface area (Å²) >= 11 is 0. The van der Waals surface area contributed by atoms with Crippen molar-refractivity contribution in [2.45, 2.75) is 6.92 Å². The zero-order valence-electron chi connectivity index (χ0n) is 10.5. The van der Waals surface area contributed by atoms with Gasteiger partial charge in [0.15, 0.2) is 0 Å². The lowest BCUT2D eigenvalue weighted by molar-refractivity contribution is -0.121. The first kappa shape index (κ1) is 13.2. The summed E-state index contributed by atoms with van der Waals surface area (Å²) in [5.41, 5.74) is 1.54. The van der Waals surface area contributed by atoms with Crippen molar-refractivity contribution in [3.63, 3.8) is 0 Å². The van der Waals surface area contributed by atoms with Crippen LogP contribution in [0.25, 0.3) is 0 Å². The van der Waals surface area contributed by atoms with Crippen molar-refractivity contribution >= 4 is 17.7 Å². The van der Waals surface area contributed by atoms with E-state index in [1.54, 1.807) is 18.2 Å². The van der Waals surface area contributed by atoms with Gasteiger partial charge in [0.2, 0.25) is 5.91 Å². The van der Waals surface area contributed by atoms with Crippen molar-refractivity contribution in [3.8, 4) is 0 Å². The largest absolute Gasteiger partial charge is 0.395 e. The van der Waals surface area contributed by atoms with Crippen LogP contribution in [0.1, 0.15) is 26.3 Å². The van der Waals surface area contributed by atoms with Crippen LogP contribution in [0.4, 0.5) is 0 Å². The second-order valence-corrected chi connectivity index (χ2v) is 4.32. The van der Waals surface area contributed by atoms with E-state index in [0.717, 1.165) is 10.5 Å². The highest BCUT2D eigenvalue weighted by molar-refractivity contribution is 6.22. The molecule has 19 heavy (non-hydrogen) atoms. The lowest BCUT2D eigenvalue weighted by Crippen LogP contribution is -2.41. The summed E-state index contributed by atoms with van der Waals surface area (Å²) in [6.07, 6.45) is 0. The zero-order chi connectivity index (χ0) is 14.0. The van der Waals surface area contributed by atoms with Crippen molar-refractivity contribution in [3.05, 3.63) is 34.9 Å². The quantitative estimate of drug-likeness (QED) is 0.729. The number of benzene rings is 1. The SMILES string of the molecule is Cc1ccc2c(c1)C(=O)N(CC(=O)NCCO)C2=O. The maximum Gasteiger partial charge on any atom is 0.262 e. The average Bonchev–Trinajstić information content (AvgIpc) is 2.61. The molecule has 2 N–H and O–H groups in total. The lowest BCUT2D eigenvalue weighted by Gasteiger charge is -2.13. The second kappa shape index (κ2) is 5.19. The number of nitrogens with zero attached hydrogens (tertiary/aromatic N) is 1. The van der Waals surface area contributed by atoms with Crippen LogP contribution in [-0.4, -0.2) is 47.4 Å². The minimum absolute atomic E-state index is 0.0983. The van der Waals surface area contributed by atoms with Crippen LogP contribution in [0.5, 0.6) is 0 Å². The van der Waals surface area contributed by atoms with E-state index in [4.69, 9.17) is 5.11 Å². The number of imide groups is 1. The molecule has 6 nitrogen and oxygen atoms in total. The molecular formula is C13H14N2O4. The number of carbonyl (C=O) groups excluding carboxylic acids is 3. The number of amides is 3. The zero-order valence-corrected chi connectivity index (χ0v) is 10.5. The van der Waals surface area contributed by atoms with Crippen LogP contribution in [-0.2, 0) is 4.79 Å². The molecule has 0 saturated heterocycles. The average molecular weight is 262 g/mol. The molecule has 0 aliphatic carbocycles. The summed E-state index contributed by atoms with van der Waals surface area (Å²) in [4.78, 5) is 36.5. The molecule has 0 saturated carbocycles. The van der Waals surface area contributed by atoms with Crippen molar-refractivity contribution in [2.24, 2.45) is 0 Å². The summed E-state index contributed by atoms with van der Waals surface area (Å²) in [7, 11) is 0. The Morgan fingerprint density at radius 2 is 1.95 bits per heavy atom. The van der Waals surface area contributed by atoms with E-state index < -0.39 is 17.7 Å². The highest BCUT2D eigenvalue weighted by atomic mass is 16.3. The van der Waals surface area contributed by atoms with Crippen molar-refractivity contribution in [1.82, 2.24) is 10.2 Å². The van der Waals surface area contributed by atoms with Crippen LogP contribution in [0.3, 0.4) is 0 Å². The summed E-state index contributed by atoms with van der Waals surface area (Å²) in [5.74, 6) is -1.39. The predicted molar refractivity (Wildman–Crippen MR) is 66.6 cm³/mol. The number of fused-ring (bicyclic) bond motifs is 1. The maximum absolute atomic E-state index is 12.0. The molecule has 1 aliphatic rings. The fourth-order valence-corrected chi connectivity index (χ4v) is 1.94. The molecule has 1 aromatic carbocycles. The Kier molecular flexibility index (Phi) is 3.62. The van der Waals surface area contributed by atoms with E-state index in [1.165, 1.54) is 0 Å². The molecule has 100 valence electrons. The normalized spacial score (nSPS) is 13.7. The summed E-state index contributed by atoms with van der Waals surface area (Å²) in [5, 5.41) is 11.0. The van der Waals surface area contributed by atoms with Crippen LogP contribution in [0.15, 0.2) is 18.2 Å². The second-order valence-electron chi connectivity index (χ2n) is 4.32. The third-order valence-corrected chi connectivity index (χ3v) is 2.86. The van der Waals surface area contributed by atoms with Gasteiger partial charge in [0, 0.05) is 6.54 Å². The molecule has 6 heteroatoms. The Morgan fingerprint density at radius 1 is 1.26 bits per heavy atom. The van der Waals surface area contributed by atoms with Crippen molar-refractivity contribution < 1.29 is 19.5 Å². The van der Waals surface area contributed by atoms with Gasteiger partial charge in [-0.15, -0.1) is 0 Å². The van der Waals surface area contributed by atoms with Gasteiger partial charge in [-0.2, -0.15) is 0 Å². The van der Waals surface area contributed by atoms with Gasteiger partial charge < -0.3 is 10.4 Å². The molecule has 1 aliphatic heterocycles. The number of nitrogens with one attached hydrogen (secondary N) is 1. The number of hydrogen-bond acceptors (Lipinski definition) is 4. The number of hydrogen-bond donors (Lipinski definition) is 2. The van der Waals surface area contributed by atoms with Gasteiger partial charge in [-0.25, -0.2) is 0 Å². The number of aryl methyl sites for hydroxylation is 1. The topological polar surface area (TPSA) is 86.7 Å². The number of rotatable bonds is 4. The first-order chi connectivity index (χ1) is 9.04. The third-order valence-electron chi connectivity index (χ3n) is 2.86. The highest BCUT2D eigenvalue weighted by Gasteiger charge is 2.36. The molecule has 2 rings (SSSR count). The molecule has 1 heterocycles. The number of aliphatic hydroxyl groups is 1. The van der Waals surface area contributed by atoms with Crippen molar-refractivity contribution in [2.75, 3.05) is 19.7 Å². The van der Waals surface area contributed by atoms with Gasteiger partial charge >= 0.3 is 0 Å². The first-order valence-corrected chi connectivity index (χ1v) is 5.89. The maximum atomic E-state index is 12.0. The van der Waals surface area contributed by atoms with Gasteiger partial charge in [0.05, 0.1) is 17.7 Å². The van der Waals surface area contributed by atoms with Gasteiger partial charge in [-0.3, -0.25) is 19.3 Å². The fraction of sp³-hybridized carbons (Fsp3) is 0.308. The Hall–Kier alpha value is -2.21. The van der Waals surface area contributed by atoms with E-state index >= 15 is 0 Å². The summed E-state index contributed by atoms with van der Waals surface area (Å²) < 4.78 is 0. The summed E-state index contributed by atoms with van der Waals surface area (Å²) in [6, 6.07) is 4.98. The highest BCUT2D eigenvalue weighted by Crippen LogP contribution is 2.23. The molecule has 0 spiro atoms. The van der Waals surface area contributed by atoms with E-state index in [9.17, 15) is 14.4 Å². The molecular weight excluding hydrogens is 248 g/mol. The molecule has 1 aromatic rings. The molecule has 0 aromatic heterocycles. The minimum Gasteiger partial charge on any atom is -0.395 e. The lowest BCUT2D eigenvalue weighted by atomic mass is 10.1. The third kappa shape index (κ3) is 2.48. The van der Waals surface area contributed by atoms with Gasteiger partial charge in [0.25, 0.3) is 11.8 Å². The van der Waals surface area contributed by atoms with Crippen molar-refractivity contribution in [1.29, 1.82) is 0 Å². The molecule has 0 fully saturated rings. The Balaban J connectivity index is 2.16. The van der Waals surface area contributed by atoms with Crippen LogP contribution >= 0.6 is 0 Å². The van der Waals surface area contributed by atoms with Crippen LogP contribution in [0.2, 0.25) is 0 Å². The molecule has 0 bridgehead atoms. The van der Waals surface area contributed by atoms with E-state index in [0.29, 0.717) is 11.1 Å². The van der Waals surface area contributed by atoms with Gasteiger partial charge in [-0.05, 0) is 19.1 Å². The first-order valence-electron chi connectivity index (χ1n) is 5.89. The Labute approximate surface area is 110 Å². The standard InChI is InChI=1S/C13H14N2O4/c1-8-2-3-9-10(6-8)13(19)15(12(9)18)7-11(17)14-4-5-16/h2-3,6,16H,4-5,7H2,1H3,(H,14,17). The van der Waals surface area contributed by atoms with E-state index in [-0.39, 0.29) is 19.7 Å². The molecule has 0 unspecified atom stereocenters.